The number of sulfonamides is 1. The largest absolute Gasteiger partial charge is 0.496 e. The second-order valence-corrected chi connectivity index (χ2v) is 7.74. The number of rotatable bonds is 6. The minimum Gasteiger partial charge on any atom is -0.496 e. The van der Waals surface area contributed by atoms with Crippen LogP contribution in [0.1, 0.15) is 11.1 Å². The van der Waals surface area contributed by atoms with Gasteiger partial charge < -0.3 is 9.84 Å². The summed E-state index contributed by atoms with van der Waals surface area (Å²) in [6.45, 7) is 2.77. The number of halogens is 1. The summed E-state index contributed by atoms with van der Waals surface area (Å²) >= 11 is 6.07. The molecule has 0 aliphatic carbocycles. The highest BCUT2D eigenvalue weighted by atomic mass is 35.5. The lowest BCUT2D eigenvalue weighted by atomic mass is 10.2. The number of methoxy groups -OCH3 is 1. The molecule has 0 spiro atoms. The number of hydrogen-bond acceptors (Lipinski definition) is 4. The summed E-state index contributed by atoms with van der Waals surface area (Å²) in [5.41, 5.74) is 1.57. The van der Waals surface area contributed by atoms with Crippen molar-refractivity contribution in [2.75, 3.05) is 18.0 Å². The summed E-state index contributed by atoms with van der Waals surface area (Å²) in [5, 5.41) is 9.51. The highest BCUT2D eigenvalue weighted by Gasteiger charge is 2.28. The van der Waals surface area contributed by atoms with Gasteiger partial charge in [-0.15, -0.1) is 0 Å². The zero-order valence-corrected chi connectivity index (χ0v) is 15.6. The van der Waals surface area contributed by atoms with Crippen molar-refractivity contribution in [3.63, 3.8) is 0 Å². The smallest absolute Gasteiger partial charge is 0.324 e. The van der Waals surface area contributed by atoms with Crippen molar-refractivity contribution in [1.82, 2.24) is 0 Å². The fourth-order valence-electron chi connectivity index (χ4n) is 2.31. The van der Waals surface area contributed by atoms with Gasteiger partial charge >= 0.3 is 5.97 Å². The molecule has 0 bridgehead atoms. The van der Waals surface area contributed by atoms with Crippen LogP contribution in [0.5, 0.6) is 5.75 Å². The van der Waals surface area contributed by atoms with Crippen molar-refractivity contribution in [3.8, 4) is 5.75 Å². The van der Waals surface area contributed by atoms with Crippen LogP contribution in [-0.4, -0.2) is 33.1 Å². The maximum Gasteiger partial charge on any atom is 0.324 e. The number of carbonyl (C=O) groups is 1. The second kappa shape index (κ2) is 7.33. The van der Waals surface area contributed by atoms with Gasteiger partial charge in [-0.2, -0.15) is 0 Å². The molecule has 2 aromatic carbocycles. The number of hydrogen-bond donors (Lipinski definition) is 1. The van der Waals surface area contributed by atoms with Crippen molar-refractivity contribution in [3.05, 3.63) is 52.5 Å². The molecular weight excluding hydrogens is 366 g/mol. The average molecular weight is 384 g/mol. The van der Waals surface area contributed by atoms with Crippen LogP contribution >= 0.6 is 11.6 Å². The summed E-state index contributed by atoms with van der Waals surface area (Å²) in [6.07, 6.45) is 0. The highest BCUT2D eigenvalue weighted by Crippen LogP contribution is 2.29. The summed E-state index contributed by atoms with van der Waals surface area (Å²) in [4.78, 5) is 11.2. The van der Waals surface area contributed by atoms with Gasteiger partial charge in [-0.05, 0) is 55.3 Å². The van der Waals surface area contributed by atoms with Gasteiger partial charge in [0, 0.05) is 5.02 Å². The van der Waals surface area contributed by atoms with Gasteiger partial charge in [0.2, 0.25) is 0 Å². The molecule has 0 aliphatic rings. The fraction of sp³-hybridized carbons (Fsp3) is 0.235. The topological polar surface area (TPSA) is 83.9 Å². The lowest BCUT2D eigenvalue weighted by molar-refractivity contribution is -0.135. The van der Waals surface area contributed by atoms with Crippen molar-refractivity contribution >= 4 is 33.3 Å². The third-order valence-corrected chi connectivity index (χ3v) is 5.85. The molecule has 0 saturated heterocycles. The van der Waals surface area contributed by atoms with E-state index < -0.39 is 22.5 Å². The van der Waals surface area contributed by atoms with Gasteiger partial charge in [0.05, 0.1) is 17.7 Å². The van der Waals surface area contributed by atoms with Gasteiger partial charge in [-0.1, -0.05) is 17.7 Å². The molecule has 0 unspecified atom stereocenters. The molecule has 0 radical (unpaired) electrons. The van der Waals surface area contributed by atoms with E-state index in [4.69, 9.17) is 21.4 Å². The van der Waals surface area contributed by atoms with Gasteiger partial charge in [-0.25, -0.2) is 8.42 Å². The lowest BCUT2D eigenvalue weighted by Crippen LogP contribution is -2.35. The SMILES string of the molecule is COc1ccc(S(=O)(=O)N(CC(=O)O)c2ccc(C)c(Cl)c2)cc1C. The Kier molecular flexibility index (Phi) is 5.59. The van der Waals surface area contributed by atoms with Gasteiger partial charge in [0.25, 0.3) is 10.0 Å². The first-order valence-electron chi connectivity index (χ1n) is 7.32. The van der Waals surface area contributed by atoms with E-state index in [1.807, 2.05) is 0 Å². The molecule has 1 N–H and O–H groups in total. The van der Waals surface area contributed by atoms with Crippen LogP contribution in [0, 0.1) is 13.8 Å². The maximum atomic E-state index is 13.0. The number of carboxylic acid groups (broad SMARTS) is 1. The second-order valence-electron chi connectivity index (χ2n) is 5.47. The normalized spacial score (nSPS) is 11.2. The molecule has 8 heteroatoms. The number of anilines is 1. The number of aliphatic carboxylic acids is 1. The number of ether oxygens (including phenoxy) is 1. The molecule has 6 nitrogen and oxygen atoms in total. The van der Waals surface area contributed by atoms with Crippen molar-refractivity contribution in [2.24, 2.45) is 0 Å². The zero-order chi connectivity index (χ0) is 18.8. The first-order chi connectivity index (χ1) is 11.7. The molecule has 134 valence electrons. The van der Waals surface area contributed by atoms with E-state index in [2.05, 4.69) is 0 Å². The number of aryl methyl sites for hydroxylation is 2. The van der Waals surface area contributed by atoms with Crippen molar-refractivity contribution in [1.29, 1.82) is 0 Å². The Morgan fingerprint density at radius 3 is 2.36 bits per heavy atom. The first kappa shape index (κ1) is 19.1. The quantitative estimate of drug-likeness (QED) is 0.827. The van der Waals surface area contributed by atoms with E-state index in [-0.39, 0.29) is 10.6 Å². The molecule has 0 atom stereocenters. The zero-order valence-electron chi connectivity index (χ0n) is 14.0. The van der Waals surface area contributed by atoms with Crippen molar-refractivity contribution < 1.29 is 23.1 Å². The summed E-state index contributed by atoms with van der Waals surface area (Å²) < 4.78 is 31.9. The summed E-state index contributed by atoms with van der Waals surface area (Å²) in [6, 6.07) is 8.96. The third-order valence-electron chi connectivity index (χ3n) is 3.68. The van der Waals surface area contributed by atoms with Crippen LogP contribution < -0.4 is 9.04 Å². The van der Waals surface area contributed by atoms with E-state index in [0.29, 0.717) is 16.3 Å². The van der Waals surface area contributed by atoms with Gasteiger partial charge in [0.15, 0.2) is 0 Å². The Balaban J connectivity index is 2.57. The Bertz CT molecular complexity index is 911. The highest BCUT2D eigenvalue weighted by molar-refractivity contribution is 7.92. The Morgan fingerprint density at radius 1 is 1.16 bits per heavy atom. The predicted molar refractivity (Wildman–Crippen MR) is 96.1 cm³/mol. The molecule has 25 heavy (non-hydrogen) atoms. The Labute approximate surface area is 151 Å². The van der Waals surface area contributed by atoms with E-state index >= 15 is 0 Å². The lowest BCUT2D eigenvalue weighted by Gasteiger charge is -2.23. The molecule has 2 aromatic rings. The molecular formula is C17H18ClNO5S. The number of benzene rings is 2. The van der Waals surface area contributed by atoms with Crippen LogP contribution in [0.25, 0.3) is 0 Å². The maximum absolute atomic E-state index is 13.0. The molecule has 0 fully saturated rings. The van der Waals surface area contributed by atoms with E-state index in [0.717, 1.165) is 9.87 Å². The van der Waals surface area contributed by atoms with Crippen LogP contribution in [0.4, 0.5) is 5.69 Å². The Morgan fingerprint density at radius 2 is 1.84 bits per heavy atom. The summed E-state index contributed by atoms with van der Waals surface area (Å²) in [5.74, 6) is -0.729. The van der Waals surface area contributed by atoms with Crippen LogP contribution in [0.2, 0.25) is 5.02 Å². The molecule has 0 aliphatic heterocycles. The van der Waals surface area contributed by atoms with Crippen LogP contribution in [0.3, 0.4) is 0 Å². The predicted octanol–water partition coefficient (Wildman–Crippen LogP) is 3.25. The van der Waals surface area contributed by atoms with E-state index in [1.165, 1.54) is 37.4 Å². The first-order valence-corrected chi connectivity index (χ1v) is 9.14. The Hall–Kier alpha value is -2.25. The minimum absolute atomic E-state index is 0.0243. The monoisotopic (exact) mass is 383 g/mol. The van der Waals surface area contributed by atoms with Crippen LogP contribution in [-0.2, 0) is 14.8 Å². The van der Waals surface area contributed by atoms with Gasteiger partial charge in [0.1, 0.15) is 12.3 Å². The average Bonchev–Trinajstić information content (AvgIpc) is 2.55. The molecule has 0 saturated carbocycles. The minimum atomic E-state index is -4.09. The fourth-order valence-corrected chi connectivity index (χ4v) is 3.98. The van der Waals surface area contributed by atoms with E-state index in [1.54, 1.807) is 19.9 Å². The molecule has 0 heterocycles. The van der Waals surface area contributed by atoms with E-state index in [9.17, 15) is 13.2 Å². The standard InChI is InChI=1S/C17H18ClNO5S/c1-11-4-5-13(9-15(11)18)19(10-17(20)21)25(22,23)14-6-7-16(24-3)12(2)8-14/h4-9H,10H2,1-3H3,(H,20,21). The molecule has 2 rings (SSSR count). The van der Waals surface area contributed by atoms with Gasteiger partial charge in [-0.3, -0.25) is 9.10 Å². The third kappa shape index (κ3) is 4.05. The van der Waals surface area contributed by atoms with Crippen LogP contribution in [0.15, 0.2) is 41.3 Å². The number of carboxylic acids is 1. The van der Waals surface area contributed by atoms with Crippen molar-refractivity contribution in [2.45, 2.75) is 18.7 Å². The summed E-state index contributed by atoms with van der Waals surface area (Å²) in [7, 11) is -2.60. The molecule has 0 aromatic heterocycles. The number of nitrogens with zero attached hydrogens (tertiary/aromatic N) is 1. The molecule has 0 amide bonds.